The van der Waals surface area contributed by atoms with E-state index >= 15 is 0 Å². The Kier molecular flexibility index (Phi) is 4.72. The summed E-state index contributed by atoms with van der Waals surface area (Å²) in [6, 6.07) is 16.3. The van der Waals surface area contributed by atoms with Crippen LogP contribution in [0.15, 0.2) is 66.4 Å². The maximum atomic E-state index is 13.9. The molecule has 0 fully saturated rings. The molecule has 0 bridgehead atoms. The molecule has 3 aromatic rings. The lowest BCUT2D eigenvalue weighted by molar-refractivity contribution is 0.0734. The largest absolute Gasteiger partial charge is 0.452 e. The molecule has 1 aliphatic rings. The van der Waals surface area contributed by atoms with Crippen LogP contribution in [0.25, 0.3) is 6.08 Å². The molecule has 0 saturated carbocycles. The Morgan fingerprint density at radius 2 is 1.83 bits per heavy atom. The van der Waals surface area contributed by atoms with Crippen molar-refractivity contribution in [3.8, 4) is 11.5 Å². The first-order valence-electron chi connectivity index (χ1n) is 9.04. The topological polar surface area (TPSA) is 52.6 Å². The number of hydrogen-bond acceptors (Lipinski definition) is 4. The van der Waals surface area contributed by atoms with Crippen LogP contribution >= 0.6 is 0 Å². The van der Waals surface area contributed by atoms with E-state index < -0.39 is 11.8 Å². The van der Waals surface area contributed by atoms with Crippen LogP contribution in [-0.2, 0) is 0 Å². The van der Waals surface area contributed by atoms with Gasteiger partial charge in [0.1, 0.15) is 17.3 Å². The molecule has 0 aromatic heterocycles. The molecule has 0 N–H and O–H groups in total. The van der Waals surface area contributed by atoms with Crippen molar-refractivity contribution in [3.05, 3.63) is 100 Å². The highest BCUT2D eigenvalue weighted by molar-refractivity contribution is 6.15. The van der Waals surface area contributed by atoms with Crippen LogP contribution in [0, 0.1) is 19.7 Å². The van der Waals surface area contributed by atoms with Crippen molar-refractivity contribution in [3.63, 3.8) is 0 Å². The zero-order chi connectivity index (χ0) is 20.5. The van der Waals surface area contributed by atoms with Crippen LogP contribution in [0.5, 0.6) is 11.5 Å². The molecule has 0 amide bonds. The summed E-state index contributed by atoms with van der Waals surface area (Å²) in [5.74, 6) is -0.707. The number of rotatable bonds is 3. The van der Waals surface area contributed by atoms with Crippen molar-refractivity contribution in [1.82, 2.24) is 0 Å². The summed E-state index contributed by atoms with van der Waals surface area (Å²) in [7, 11) is 0. The van der Waals surface area contributed by atoms with Gasteiger partial charge in [-0.2, -0.15) is 0 Å². The number of aryl methyl sites for hydroxylation is 2. The summed E-state index contributed by atoms with van der Waals surface area (Å²) < 4.78 is 25.0. The first-order chi connectivity index (χ1) is 13.9. The normalized spacial score (nSPS) is 13.9. The van der Waals surface area contributed by atoms with E-state index in [1.165, 1.54) is 18.2 Å². The molecule has 0 atom stereocenters. The molecule has 1 heterocycles. The van der Waals surface area contributed by atoms with Crippen molar-refractivity contribution in [2.24, 2.45) is 0 Å². The zero-order valence-electron chi connectivity index (χ0n) is 15.9. The molecule has 3 aromatic carbocycles. The molecule has 29 heavy (non-hydrogen) atoms. The number of ketones is 1. The van der Waals surface area contributed by atoms with Gasteiger partial charge in [-0.1, -0.05) is 35.9 Å². The maximum absolute atomic E-state index is 13.9. The summed E-state index contributed by atoms with van der Waals surface area (Å²) >= 11 is 0. The van der Waals surface area contributed by atoms with Gasteiger partial charge in [-0.25, -0.2) is 9.18 Å². The van der Waals surface area contributed by atoms with Crippen molar-refractivity contribution in [1.29, 1.82) is 0 Å². The van der Waals surface area contributed by atoms with Crippen molar-refractivity contribution >= 4 is 17.8 Å². The second-order valence-electron chi connectivity index (χ2n) is 6.83. The SMILES string of the molecule is Cc1cccc(C(=O)Oc2cc(C)c3c(c2)O/C(=C\c2ccccc2F)C3=O)c1. The second kappa shape index (κ2) is 7.36. The molecule has 144 valence electrons. The Bertz CT molecular complexity index is 1180. The summed E-state index contributed by atoms with van der Waals surface area (Å²) in [5.41, 5.74) is 2.62. The molecule has 4 nitrogen and oxygen atoms in total. The fourth-order valence-electron chi connectivity index (χ4n) is 3.21. The van der Waals surface area contributed by atoms with Gasteiger partial charge in [0.05, 0.1) is 11.1 Å². The average Bonchev–Trinajstić information content (AvgIpc) is 2.99. The fraction of sp³-hybridized carbons (Fsp3) is 0.0833. The van der Waals surface area contributed by atoms with Gasteiger partial charge < -0.3 is 9.47 Å². The van der Waals surface area contributed by atoms with Gasteiger partial charge in [-0.15, -0.1) is 0 Å². The van der Waals surface area contributed by atoms with E-state index in [1.807, 2.05) is 13.0 Å². The number of hydrogen-bond donors (Lipinski definition) is 0. The van der Waals surface area contributed by atoms with Crippen molar-refractivity contribution in [2.75, 3.05) is 0 Å². The van der Waals surface area contributed by atoms with Crippen LogP contribution < -0.4 is 9.47 Å². The number of esters is 1. The van der Waals surface area contributed by atoms with Crippen LogP contribution in [0.3, 0.4) is 0 Å². The van der Waals surface area contributed by atoms with E-state index in [0.29, 0.717) is 16.7 Å². The van der Waals surface area contributed by atoms with Crippen LogP contribution in [0.4, 0.5) is 4.39 Å². The minimum absolute atomic E-state index is 0.0235. The van der Waals surface area contributed by atoms with E-state index in [1.54, 1.807) is 49.4 Å². The number of Topliss-reactive ketones (excluding diaryl/α,β-unsaturated/α-hetero) is 1. The third-order valence-electron chi connectivity index (χ3n) is 4.60. The Labute approximate surface area is 167 Å². The predicted molar refractivity (Wildman–Crippen MR) is 107 cm³/mol. The van der Waals surface area contributed by atoms with Crippen LogP contribution in [0.1, 0.15) is 37.4 Å². The van der Waals surface area contributed by atoms with Gasteiger partial charge in [-0.3, -0.25) is 4.79 Å². The van der Waals surface area contributed by atoms with E-state index in [2.05, 4.69) is 0 Å². The summed E-state index contributed by atoms with van der Waals surface area (Å²) in [4.78, 5) is 25.1. The van der Waals surface area contributed by atoms with E-state index in [-0.39, 0.29) is 28.6 Å². The first-order valence-corrected chi connectivity index (χ1v) is 9.04. The minimum atomic E-state index is -0.500. The summed E-state index contributed by atoms with van der Waals surface area (Å²) in [6.45, 7) is 3.62. The maximum Gasteiger partial charge on any atom is 0.343 e. The third kappa shape index (κ3) is 3.67. The Balaban J connectivity index is 1.63. The molecule has 0 aliphatic carbocycles. The molecular weight excluding hydrogens is 371 g/mol. The van der Waals surface area contributed by atoms with Gasteiger partial charge in [0.15, 0.2) is 5.76 Å². The lowest BCUT2D eigenvalue weighted by Gasteiger charge is -2.08. The van der Waals surface area contributed by atoms with Gasteiger partial charge in [0.2, 0.25) is 5.78 Å². The lowest BCUT2D eigenvalue weighted by atomic mass is 10.0. The second-order valence-corrected chi connectivity index (χ2v) is 6.83. The fourth-order valence-corrected chi connectivity index (χ4v) is 3.21. The number of carbonyl (C=O) groups excluding carboxylic acids is 2. The number of fused-ring (bicyclic) bond motifs is 1. The highest BCUT2D eigenvalue weighted by Gasteiger charge is 2.30. The molecule has 4 rings (SSSR count). The number of benzene rings is 3. The van der Waals surface area contributed by atoms with Gasteiger partial charge in [-0.05, 0) is 49.8 Å². The van der Waals surface area contributed by atoms with Gasteiger partial charge in [0, 0.05) is 11.6 Å². The minimum Gasteiger partial charge on any atom is -0.452 e. The molecular formula is C24H17FO4. The van der Waals surface area contributed by atoms with Gasteiger partial charge >= 0.3 is 5.97 Å². The molecule has 5 heteroatoms. The highest BCUT2D eigenvalue weighted by Crippen LogP contribution is 2.37. The Morgan fingerprint density at radius 3 is 2.59 bits per heavy atom. The van der Waals surface area contributed by atoms with Gasteiger partial charge in [0.25, 0.3) is 0 Å². The number of ether oxygens (including phenoxy) is 2. The number of carbonyl (C=O) groups is 2. The average molecular weight is 388 g/mol. The Hall–Kier alpha value is -3.73. The molecule has 0 unspecified atom stereocenters. The van der Waals surface area contributed by atoms with Crippen LogP contribution in [0.2, 0.25) is 0 Å². The highest BCUT2D eigenvalue weighted by atomic mass is 19.1. The molecule has 1 aliphatic heterocycles. The van der Waals surface area contributed by atoms with E-state index in [4.69, 9.17) is 9.47 Å². The molecule has 0 spiro atoms. The molecule has 0 radical (unpaired) electrons. The monoisotopic (exact) mass is 388 g/mol. The van der Waals surface area contributed by atoms with E-state index in [0.717, 1.165) is 5.56 Å². The van der Waals surface area contributed by atoms with Crippen LogP contribution in [-0.4, -0.2) is 11.8 Å². The number of allylic oxidation sites excluding steroid dienone is 1. The Morgan fingerprint density at radius 1 is 1.03 bits per heavy atom. The quantitative estimate of drug-likeness (QED) is 0.348. The zero-order valence-corrected chi connectivity index (χ0v) is 15.9. The molecule has 0 saturated heterocycles. The first kappa shape index (κ1) is 18.6. The van der Waals surface area contributed by atoms with Crippen molar-refractivity contribution in [2.45, 2.75) is 13.8 Å². The summed E-state index contributed by atoms with van der Waals surface area (Å²) in [5, 5.41) is 0. The smallest absolute Gasteiger partial charge is 0.343 e. The third-order valence-corrected chi connectivity index (χ3v) is 4.60. The van der Waals surface area contributed by atoms with Crippen molar-refractivity contribution < 1.29 is 23.5 Å². The summed E-state index contributed by atoms with van der Waals surface area (Å²) in [6.07, 6.45) is 1.37. The lowest BCUT2D eigenvalue weighted by Crippen LogP contribution is -2.09. The van der Waals surface area contributed by atoms with E-state index in [9.17, 15) is 14.0 Å². The predicted octanol–water partition coefficient (Wildman–Crippen LogP) is 5.28. The number of halogens is 1. The standard InChI is InChI=1S/C24H17FO4/c1-14-6-5-8-17(10-14)24(27)28-18-11-15(2)22-20(13-18)29-21(23(22)26)12-16-7-3-4-9-19(16)25/h3-13H,1-2H3/b21-12-.